The summed E-state index contributed by atoms with van der Waals surface area (Å²) in [7, 11) is 1.95. The minimum Gasteiger partial charge on any atom is -0.375 e. The monoisotopic (exact) mass is 349 g/mol. The number of hydrogen-bond acceptors (Lipinski definition) is 5. The summed E-state index contributed by atoms with van der Waals surface area (Å²) in [6.07, 6.45) is 2.55. The second-order valence-electron chi connectivity index (χ2n) is 5.70. The van der Waals surface area contributed by atoms with Crippen LogP contribution in [0.5, 0.6) is 0 Å². The van der Waals surface area contributed by atoms with Crippen molar-refractivity contribution in [1.82, 2.24) is 20.1 Å². The number of hydrogen-bond donors (Lipinski definition) is 2. The van der Waals surface area contributed by atoms with Crippen LogP contribution in [0.3, 0.4) is 0 Å². The molecule has 8 heteroatoms. The number of carbonyl (C=O) groups is 1. The highest BCUT2D eigenvalue weighted by atomic mass is 32.1. The quantitative estimate of drug-likeness (QED) is 0.868. The molecule has 0 saturated carbocycles. The first-order valence-corrected chi connectivity index (χ1v) is 9.08. The van der Waals surface area contributed by atoms with Crippen molar-refractivity contribution >= 4 is 22.5 Å². The van der Waals surface area contributed by atoms with Crippen LogP contribution >= 0.6 is 11.3 Å². The third kappa shape index (κ3) is 3.44. The molecule has 2 N–H and O–H groups in total. The number of amides is 2. The van der Waals surface area contributed by atoms with E-state index in [4.69, 9.17) is 4.74 Å². The van der Waals surface area contributed by atoms with E-state index in [9.17, 15) is 4.79 Å². The first kappa shape index (κ1) is 16.9. The summed E-state index contributed by atoms with van der Waals surface area (Å²) in [4.78, 5) is 17.8. The SMILES string of the molecule is CCc1nn(C)c(CC)c1CNC(=O)Nc1nc2c(s1)COCC2. The van der Waals surface area contributed by atoms with Gasteiger partial charge in [-0.25, -0.2) is 9.78 Å². The maximum absolute atomic E-state index is 12.2. The van der Waals surface area contributed by atoms with Gasteiger partial charge < -0.3 is 10.1 Å². The highest BCUT2D eigenvalue weighted by molar-refractivity contribution is 7.15. The van der Waals surface area contributed by atoms with Crippen LogP contribution in [0.4, 0.5) is 9.93 Å². The van der Waals surface area contributed by atoms with Crippen molar-refractivity contribution in [3.05, 3.63) is 27.5 Å². The predicted octanol–water partition coefficient (Wildman–Crippen LogP) is 2.40. The molecule has 0 radical (unpaired) electrons. The average molecular weight is 349 g/mol. The third-order valence-electron chi connectivity index (χ3n) is 4.17. The van der Waals surface area contributed by atoms with Crippen molar-refractivity contribution in [2.75, 3.05) is 11.9 Å². The lowest BCUT2D eigenvalue weighted by molar-refractivity contribution is 0.112. The molecule has 2 amide bonds. The van der Waals surface area contributed by atoms with E-state index in [1.165, 1.54) is 11.3 Å². The highest BCUT2D eigenvalue weighted by Crippen LogP contribution is 2.26. The van der Waals surface area contributed by atoms with E-state index < -0.39 is 0 Å². The normalized spacial score (nSPS) is 13.6. The van der Waals surface area contributed by atoms with Crippen LogP contribution < -0.4 is 10.6 Å². The molecule has 1 aliphatic heterocycles. The molecule has 3 rings (SSSR count). The summed E-state index contributed by atoms with van der Waals surface area (Å²) in [5.74, 6) is 0. The smallest absolute Gasteiger partial charge is 0.321 e. The molecule has 0 fully saturated rings. The van der Waals surface area contributed by atoms with E-state index in [-0.39, 0.29) is 6.03 Å². The minimum atomic E-state index is -0.241. The van der Waals surface area contributed by atoms with Gasteiger partial charge in [-0.2, -0.15) is 5.10 Å². The van der Waals surface area contributed by atoms with Crippen LogP contribution in [-0.4, -0.2) is 27.4 Å². The molecule has 1 aliphatic rings. The number of carbonyl (C=O) groups excluding carboxylic acids is 1. The molecule has 0 spiro atoms. The summed E-state index contributed by atoms with van der Waals surface area (Å²) < 4.78 is 7.31. The van der Waals surface area contributed by atoms with E-state index in [1.807, 2.05) is 11.7 Å². The number of rotatable bonds is 5. The van der Waals surface area contributed by atoms with E-state index in [0.29, 0.717) is 24.9 Å². The molecule has 3 heterocycles. The van der Waals surface area contributed by atoms with Gasteiger partial charge in [0.1, 0.15) is 0 Å². The second kappa shape index (κ2) is 7.31. The van der Waals surface area contributed by atoms with Crippen LogP contribution in [0.25, 0.3) is 0 Å². The first-order chi connectivity index (χ1) is 11.6. The number of urea groups is 1. The number of ether oxygens (including phenoxy) is 1. The summed E-state index contributed by atoms with van der Waals surface area (Å²) in [6.45, 7) is 5.94. The number of aromatic nitrogens is 3. The summed E-state index contributed by atoms with van der Waals surface area (Å²) in [5, 5.41) is 10.9. The largest absolute Gasteiger partial charge is 0.375 e. The predicted molar refractivity (Wildman–Crippen MR) is 93.3 cm³/mol. The number of thiazole rings is 1. The second-order valence-corrected chi connectivity index (χ2v) is 6.79. The lowest BCUT2D eigenvalue weighted by atomic mass is 10.1. The molecule has 0 aliphatic carbocycles. The van der Waals surface area contributed by atoms with Crippen molar-refractivity contribution < 1.29 is 9.53 Å². The van der Waals surface area contributed by atoms with Crippen LogP contribution in [0.15, 0.2) is 0 Å². The zero-order chi connectivity index (χ0) is 17.1. The Morgan fingerprint density at radius 1 is 1.38 bits per heavy atom. The molecule has 0 atom stereocenters. The number of nitrogens with zero attached hydrogens (tertiary/aromatic N) is 3. The Balaban J connectivity index is 1.63. The maximum Gasteiger partial charge on any atom is 0.321 e. The summed E-state index contributed by atoms with van der Waals surface area (Å²) >= 11 is 1.48. The van der Waals surface area contributed by atoms with Crippen LogP contribution in [0.1, 0.15) is 41.4 Å². The molecule has 0 saturated heterocycles. The lowest BCUT2D eigenvalue weighted by Gasteiger charge is -2.08. The Bertz CT molecular complexity index is 714. The Morgan fingerprint density at radius 3 is 2.92 bits per heavy atom. The summed E-state index contributed by atoms with van der Waals surface area (Å²) in [5.41, 5.74) is 4.35. The van der Waals surface area contributed by atoms with Gasteiger partial charge in [0.05, 0.1) is 29.5 Å². The van der Waals surface area contributed by atoms with Gasteiger partial charge in [0.25, 0.3) is 0 Å². The van der Waals surface area contributed by atoms with Crippen LogP contribution in [-0.2, 0) is 44.2 Å². The van der Waals surface area contributed by atoms with Crippen LogP contribution in [0, 0.1) is 0 Å². The summed E-state index contributed by atoms with van der Waals surface area (Å²) in [6, 6.07) is -0.241. The first-order valence-electron chi connectivity index (χ1n) is 8.27. The van der Waals surface area contributed by atoms with Gasteiger partial charge in [-0.05, 0) is 12.8 Å². The zero-order valence-electron chi connectivity index (χ0n) is 14.3. The van der Waals surface area contributed by atoms with Gasteiger partial charge in [0.2, 0.25) is 0 Å². The molecule has 0 aromatic carbocycles. The van der Waals surface area contributed by atoms with Crippen molar-refractivity contribution in [2.45, 2.75) is 46.3 Å². The Morgan fingerprint density at radius 2 is 2.21 bits per heavy atom. The van der Waals surface area contributed by atoms with Gasteiger partial charge >= 0.3 is 6.03 Å². The fourth-order valence-electron chi connectivity index (χ4n) is 2.98. The van der Waals surface area contributed by atoms with Crippen molar-refractivity contribution in [3.63, 3.8) is 0 Å². The highest BCUT2D eigenvalue weighted by Gasteiger charge is 2.18. The van der Waals surface area contributed by atoms with Gasteiger partial charge in [-0.3, -0.25) is 10.00 Å². The van der Waals surface area contributed by atoms with Crippen molar-refractivity contribution in [2.24, 2.45) is 7.05 Å². The Labute approximate surface area is 145 Å². The number of nitrogens with one attached hydrogen (secondary N) is 2. The fraction of sp³-hybridized carbons (Fsp3) is 0.562. The minimum absolute atomic E-state index is 0.241. The van der Waals surface area contributed by atoms with E-state index in [0.717, 1.165) is 46.8 Å². The van der Waals surface area contributed by atoms with Gasteiger partial charge in [-0.1, -0.05) is 25.2 Å². The van der Waals surface area contributed by atoms with Crippen molar-refractivity contribution in [3.8, 4) is 0 Å². The Kier molecular flexibility index (Phi) is 5.15. The van der Waals surface area contributed by atoms with Gasteiger partial charge in [0, 0.05) is 31.3 Å². The molecule has 2 aromatic rings. The molecule has 0 unspecified atom stereocenters. The molecule has 130 valence electrons. The molecular formula is C16H23N5O2S. The number of aryl methyl sites for hydroxylation is 2. The zero-order valence-corrected chi connectivity index (χ0v) is 15.1. The lowest BCUT2D eigenvalue weighted by Crippen LogP contribution is -2.28. The fourth-order valence-corrected chi connectivity index (χ4v) is 3.92. The molecular weight excluding hydrogens is 326 g/mol. The van der Waals surface area contributed by atoms with Gasteiger partial charge in [-0.15, -0.1) is 0 Å². The maximum atomic E-state index is 12.2. The standard InChI is InChI=1S/C16H23N5O2S/c1-4-11-10(13(5-2)21(3)20-11)8-17-15(22)19-16-18-12-6-7-23-9-14(12)24-16/h4-9H2,1-3H3,(H2,17,18,19,22). The Hall–Kier alpha value is -1.93. The number of fused-ring (bicyclic) bond motifs is 1. The van der Waals surface area contributed by atoms with E-state index in [1.54, 1.807) is 0 Å². The number of anilines is 1. The van der Waals surface area contributed by atoms with Gasteiger partial charge in [0.15, 0.2) is 5.13 Å². The topological polar surface area (TPSA) is 81.1 Å². The average Bonchev–Trinajstić information content (AvgIpc) is 3.12. The van der Waals surface area contributed by atoms with Crippen LogP contribution in [0.2, 0.25) is 0 Å². The molecule has 2 aromatic heterocycles. The molecule has 7 nitrogen and oxygen atoms in total. The van der Waals surface area contributed by atoms with E-state index in [2.05, 4.69) is 34.6 Å². The molecule has 24 heavy (non-hydrogen) atoms. The van der Waals surface area contributed by atoms with E-state index >= 15 is 0 Å². The third-order valence-corrected chi connectivity index (χ3v) is 5.16. The van der Waals surface area contributed by atoms with Crippen molar-refractivity contribution in [1.29, 1.82) is 0 Å². The molecule has 0 bridgehead atoms.